The smallest absolute Gasteiger partial charge is 0.256 e. The molecule has 0 aromatic heterocycles. The molecule has 4 rings (SSSR count). The molecule has 0 saturated heterocycles. The average Bonchev–Trinajstić information content (AvgIpc) is 2.84. The molecule has 1 heterocycles. The molecule has 0 fully saturated rings. The molecule has 1 aliphatic rings. The van der Waals surface area contributed by atoms with E-state index < -0.39 is 11.9 Å². The maximum Gasteiger partial charge on any atom is 0.256 e. The minimum absolute atomic E-state index is 0.187. The lowest BCUT2D eigenvalue weighted by Crippen LogP contribution is -2.39. The standard InChI is InChI=1S/C23H17Cl2FN2O2/c1-13-2-9-20-18(10-13)22(14-3-6-16(26)7-4-14)28(12-21(29)27-20)23(30)17-8-5-15(24)11-19(17)25/h2-11,22H,12H2,1H3,(H,27,29)/t22-/m1/s1. The van der Waals surface area contributed by atoms with E-state index in [1.54, 1.807) is 18.2 Å². The maximum atomic E-state index is 13.6. The van der Waals surface area contributed by atoms with Crippen molar-refractivity contribution in [1.29, 1.82) is 0 Å². The zero-order chi connectivity index (χ0) is 21.4. The van der Waals surface area contributed by atoms with Gasteiger partial charge in [0, 0.05) is 16.3 Å². The summed E-state index contributed by atoms with van der Waals surface area (Å²) >= 11 is 12.3. The highest BCUT2D eigenvalue weighted by Gasteiger charge is 2.34. The Morgan fingerprint density at radius 2 is 1.80 bits per heavy atom. The number of fused-ring (bicyclic) bond motifs is 1. The van der Waals surface area contributed by atoms with Crippen LogP contribution in [0.5, 0.6) is 0 Å². The predicted molar refractivity (Wildman–Crippen MR) is 116 cm³/mol. The van der Waals surface area contributed by atoms with Crippen molar-refractivity contribution in [3.8, 4) is 0 Å². The predicted octanol–water partition coefficient (Wildman–Crippen LogP) is 5.62. The SMILES string of the molecule is Cc1ccc2c(c1)[C@@H](c1ccc(F)cc1)N(C(=O)c1ccc(Cl)cc1Cl)CC(=O)N2. The number of rotatable bonds is 2. The zero-order valence-corrected chi connectivity index (χ0v) is 17.5. The van der Waals surface area contributed by atoms with E-state index in [9.17, 15) is 14.0 Å². The van der Waals surface area contributed by atoms with Crippen molar-refractivity contribution in [2.45, 2.75) is 13.0 Å². The highest BCUT2D eigenvalue weighted by molar-refractivity contribution is 6.36. The van der Waals surface area contributed by atoms with E-state index in [4.69, 9.17) is 23.2 Å². The molecule has 1 aliphatic heterocycles. The number of hydrogen-bond donors (Lipinski definition) is 1. The van der Waals surface area contributed by atoms with Crippen molar-refractivity contribution in [3.05, 3.63) is 98.8 Å². The third-order valence-electron chi connectivity index (χ3n) is 5.01. The van der Waals surface area contributed by atoms with Crippen LogP contribution in [0.15, 0.2) is 60.7 Å². The van der Waals surface area contributed by atoms with Gasteiger partial charge in [-0.1, -0.05) is 53.0 Å². The third-order valence-corrected chi connectivity index (χ3v) is 5.56. The van der Waals surface area contributed by atoms with Gasteiger partial charge in [0.25, 0.3) is 5.91 Å². The van der Waals surface area contributed by atoms with Gasteiger partial charge in [-0.05, 0) is 48.9 Å². The van der Waals surface area contributed by atoms with E-state index in [1.807, 2.05) is 25.1 Å². The quantitative estimate of drug-likeness (QED) is 0.559. The minimum atomic E-state index is -0.612. The molecule has 0 bridgehead atoms. The Hall–Kier alpha value is -2.89. The summed E-state index contributed by atoms with van der Waals surface area (Å²) in [6, 6.07) is 15.5. The van der Waals surface area contributed by atoms with Crippen molar-refractivity contribution in [3.63, 3.8) is 0 Å². The molecule has 3 aromatic rings. The third kappa shape index (κ3) is 3.91. The fraction of sp³-hybridized carbons (Fsp3) is 0.130. The van der Waals surface area contributed by atoms with Gasteiger partial charge >= 0.3 is 0 Å². The molecule has 30 heavy (non-hydrogen) atoms. The molecule has 0 aliphatic carbocycles. The lowest BCUT2D eigenvalue weighted by molar-refractivity contribution is -0.117. The lowest BCUT2D eigenvalue weighted by Gasteiger charge is -2.31. The topological polar surface area (TPSA) is 49.4 Å². The van der Waals surface area contributed by atoms with Gasteiger partial charge in [-0.3, -0.25) is 9.59 Å². The Morgan fingerprint density at radius 3 is 2.50 bits per heavy atom. The Morgan fingerprint density at radius 1 is 1.07 bits per heavy atom. The molecule has 2 amide bonds. The van der Waals surface area contributed by atoms with E-state index in [1.165, 1.54) is 29.2 Å². The van der Waals surface area contributed by atoms with Crippen LogP contribution in [-0.4, -0.2) is 23.3 Å². The van der Waals surface area contributed by atoms with Gasteiger partial charge in [0.1, 0.15) is 12.4 Å². The normalized spacial score (nSPS) is 15.9. The van der Waals surface area contributed by atoms with Crippen molar-refractivity contribution in [2.24, 2.45) is 0 Å². The lowest BCUT2D eigenvalue weighted by atomic mass is 9.94. The Kier molecular flexibility index (Phi) is 5.50. The molecule has 1 atom stereocenters. The maximum absolute atomic E-state index is 13.6. The minimum Gasteiger partial charge on any atom is -0.324 e. The first-order valence-electron chi connectivity index (χ1n) is 9.25. The first kappa shape index (κ1) is 20.4. The Labute approximate surface area is 183 Å². The number of halogens is 3. The molecule has 0 radical (unpaired) electrons. The van der Waals surface area contributed by atoms with E-state index in [-0.39, 0.29) is 28.9 Å². The number of carbonyl (C=O) groups is 2. The summed E-state index contributed by atoms with van der Waals surface area (Å²) in [5.41, 5.74) is 3.23. The largest absolute Gasteiger partial charge is 0.324 e. The van der Waals surface area contributed by atoms with Crippen molar-refractivity contribution in [1.82, 2.24) is 4.90 Å². The summed E-state index contributed by atoms with van der Waals surface area (Å²) in [4.78, 5) is 27.6. The number of benzene rings is 3. The fourth-order valence-electron chi connectivity index (χ4n) is 3.64. The van der Waals surface area contributed by atoms with Crippen LogP contribution in [0.2, 0.25) is 10.0 Å². The summed E-state index contributed by atoms with van der Waals surface area (Å²) in [6.07, 6.45) is 0. The fourth-order valence-corrected chi connectivity index (χ4v) is 4.13. The first-order chi connectivity index (χ1) is 14.3. The number of nitrogens with zero attached hydrogens (tertiary/aromatic N) is 1. The highest BCUT2D eigenvalue weighted by Crippen LogP contribution is 2.38. The van der Waals surface area contributed by atoms with Crippen LogP contribution in [0, 0.1) is 12.7 Å². The number of aryl methyl sites for hydroxylation is 1. The van der Waals surface area contributed by atoms with Gasteiger partial charge in [-0.15, -0.1) is 0 Å². The number of carbonyl (C=O) groups excluding carboxylic acids is 2. The molecule has 152 valence electrons. The van der Waals surface area contributed by atoms with E-state index in [0.717, 1.165) is 11.1 Å². The average molecular weight is 443 g/mol. The van der Waals surface area contributed by atoms with Crippen LogP contribution in [0.4, 0.5) is 10.1 Å². The number of amides is 2. The summed E-state index contributed by atoms with van der Waals surface area (Å²) in [7, 11) is 0. The summed E-state index contributed by atoms with van der Waals surface area (Å²) in [5.74, 6) is -1.14. The molecule has 4 nitrogen and oxygen atoms in total. The van der Waals surface area contributed by atoms with Crippen LogP contribution in [0.1, 0.15) is 33.1 Å². The number of nitrogens with one attached hydrogen (secondary N) is 1. The second-order valence-electron chi connectivity index (χ2n) is 7.15. The second-order valence-corrected chi connectivity index (χ2v) is 7.99. The van der Waals surface area contributed by atoms with E-state index in [2.05, 4.69) is 5.32 Å². The van der Waals surface area contributed by atoms with Gasteiger partial charge in [-0.25, -0.2) is 4.39 Å². The van der Waals surface area contributed by atoms with Gasteiger partial charge in [-0.2, -0.15) is 0 Å². The Balaban J connectivity index is 1.90. The van der Waals surface area contributed by atoms with Crippen LogP contribution < -0.4 is 5.32 Å². The number of anilines is 1. The van der Waals surface area contributed by atoms with Crippen LogP contribution in [0.25, 0.3) is 0 Å². The van der Waals surface area contributed by atoms with Crippen molar-refractivity contribution >= 4 is 40.7 Å². The Bertz CT molecular complexity index is 1150. The van der Waals surface area contributed by atoms with Crippen molar-refractivity contribution in [2.75, 3.05) is 11.9 Å². The molecule has 7 heteroatoms. The molecule has 0 spiro atoms. The molecule has 1 N–H and O–H groups in total. The first-order valence-corrected chi connectivity index (χ1v) is 10.0. The highest BCUT2D eigenvalue weighted by atomic mass is 35.5. The van der Waals surface area contributed by atoms with Crippen molar-refractivity contribution < 1.29 is 14.0 Å². The summed E-state index contributed by atoms with van der Waals surface area (Å²) in [5, 5.41) is 3.46. The van der Waals surface area contributed by atoms with Crippen LogP contribution in [0.3, 0.4) is 0 Å². The van der Waals surface area contributed by atoms with Gasteiger partial charge in [0.15, 0.2) is 0 Å². The van der Waals surface area contributed by atoms with Gasteiger partial charge in [0.2, 0.25) is 5.91 Å². The second kappa shape index (κ2) is 8.09. The number of hydrogen-bond acceptors (Lipinski definition) is 2. The van der Waals surface area contributed by atoms with E-state index in [0.29, 0.717) is 16.3 Å². The van der Waals surface area contributed by atoms with Crippen LogP contribution >= 0.6 is 23.2 Å². The van der Waals surface area contributed by atoms with E-state index >= 15 is 0 Å². The monoisotopic (exact) mass is 442 g/mol. The summed E-state index contributed by atoms with van der Waals surface area (Å²) in [6.45, 7) is 1.74. The molecule has 0 saturated carbocycles. The van der Waals surface area contributed by atoms with Gasteiger partial charge in [0.05, 0.1) is 16.6 Å². The molecular weight excluding hydrogens is 426 g/mol. The van der Waals surface area contributed by atoms with Crippen LogP contribution in [-0.2, 0) is 4.79 Å². The molecule has 0 unspecified atom stereocenters. The summed E-state index contributed by atoms with van der Waals surface area (Å²) < 4.78 is 13.6. The molecular formula is C23H17Cl2FN2O2. The zero-order valence-electron chi connectivity index (χ0n) is 16.0. The molecule has 3 aromatic carbocycles. The van der Waals surface area contributed by atoms with Gasteiger partial charge < -0.3 is 10.2 Å².